The number of carbonyl (C=O) groups excluding carboxylic acids is 1. The molecule has 0 saturated carbocycles. The summed E-state index contributed by atoms with van der Waals surface area (Å²) in [5.74, 6) is 0.390. The second-order valence-corrected chi connectivity index (χ2v) is 5.74. The molecular weight excluding hydrogens is 286 g/mol. The van der Waals surface area contributed by atoms with E-state index < -0.39 is 0 Å². The summed E-state index contributed by atoms with van der Waals surface area (Å²) in [6.45, 7) is 6.03. The first kappa shape index (κ1) is 15.4. The molecule has 0 aliphatic heterocycles. The summed E-state index contributed by atoms with van der Waals surface area (Å²) in [4.78, 5) is 13.4. The van der Waals surface area contributed by atoms with Gasteiger partial charge in [-0.15, -0.1) is 11.3 Å². The molecule has 0 unspecified atom stereocenters. The fourth-order valence-corrected chi connectivity index (χ4v) is 3.27. The second-order valence-electron chi connectivity index (χ2n) is 4.72. The Morgan fingerprint density at radius 2 is 2.05 bits per heavy atom. The van der Waals surface area contributed by atoms with E-state index in [2.05, 4.69) is 0 Å². The summed E-state index contributed by atoms with van der Waals surface area (Å²) in [6, 6.07) is 5.94. The van der Waals surface area contributed by atoms with Crippen molar-refractivity contribution >= 4 is 23.0 Å². The van der Waals surface area contributed by atoms with Gasteiger partial charge >= 0.3 is 5.97 Å². The number of hydrogen-bond donors (Lipinski definition) is 1. The van der Waals surface area contributed by atoms with Gasteiger partial charge in [0.25, 0.3) is 0 Å². The fraction of sp³-hybridized carbons (Fsp3) is 0.312. The van der Waals surface area contributed by atoms with E-state index in [9.17, 15) is 4.79 Å². The van der Waals surface area contributed by atoms with Crippen LogP contribution in [0.1, 0.15) is 27.7 Å². The Labute approximate surface area is 128 Å². The highest BCUT2D eigenvalue weighted by atomic mass is 32.1. The maximum Gasteiger partial charge on any atom is 0.350 e. The van der Waals surface area contributed by atoms with Gasteiger partial charge in [0.1, 0.15) is 10.6 Å². The monoisotopic (exact) mass is 305 g/mol. The van der Waals surface area contributed by atoms with Gasteiger partial charge in [0, 0.05) is 10.4 Å². The Morgan fingerprint density at radius 3 is 2.67 bits per heavy atom. The predicted molar refractivity (Wildman–Crippen MR) is 86.1 cm³/mol. The third-order valence-electron chi connectivity index (χ3n) is 3.25. The molecule has 0 radical (unpaired) electrons. The van der Waals surface area contributed by atoms with Crippen molar-refractivity contribution in [1.29, 1.82) is 0 Å². The van der Waals surface area contributed by atoms with Gasteiger partial charge in [-0.25, -0.2) is 4.79 Å². The molecule has 0 amide bonds. The third-order valence-corrected chi connectivity index (χ3v) is 4.57. The van der Waals surface area contributed by atoms with E-state index in [0.717, 1.165) is 27.3 Å². The van der Waals surface area contributed by atoms with Crippen molar-refractivity contribution in [2.75, 3.05) is 19.5 Å². The molecule has 5 heteroatoms. The molecule has 4 nitrogen and oxygen atoms in total. The van der Waals surface area contributed by atoms with Crippen LogP contribution < -0.4 is 10.5 Å². The Balaban J connectivity index is 2.58. The number of benzene rings is 1. The molecular formula is C16H19NO3S. The van der Waals surface area contributed by atoms with E-state index in [4.69, 9.17) is 15.2 Å². The average molecular weight is 305 g/mol. The van der Waals surface area contributed by atoms with Crippen LogP contribution in [0, 0.1) is 13.8 Å². The van der Waals surface area contributed by atoms with E-state index in [1.165, 1.54) is 11.3 Å². The largest absolute Gasteiger partial charge is 0.496 e. The maximum atomic E-state index is 12.0. The lowest BCUT2D eigenvalue weighted by molar-refractivity contribution is 0.0533. The highest BCUT2D eigenvalue weighted by Gasteiger charge is 2.22. The first-order chi connectivity index (χ1) is 9.99. The number of thiophene rings is 1. The molecule has 2 rings (SSSR count). The van der Waals surface area contributed by atoms with Crippen LogP contribution in [0.25, 0.3) is 10.4 Å². The van der Waals surface area contributed by atoms with Gasteiger partial charge in [-0.2, -0.15) is 0 Å². The van der Waals surface area contributed by atoms with E-state index in [1.54, 1.807) is 14.0 Å². The zero-order valence-corrected chi connectivity index (χ0v) is 13.5. The summed E-state index contributed by atoms with van der Waals surface area (Å²) in [5, 5.41) is 0. The zero-order chi connectivity index (χ0) is 15.6. The third kappa shape index (κ3) is 2.88. The summed E-state index contributed by atoms with van der Waals surface area (Å²) >= 11 is 1.35. The number of ether oxygens (including phenoxy) is 2. The van der Waals surface area contributed by atoms with E-state index in [0.29, 0.717) is 17.2 Å². The van der Waals surface area contributed by atoms with Gasteiger partial charge in [-0.1, -0.05) is 11.6 Å². The predicted octanol–water partition coefficient (Wildman–Crippen LogP) is 3.80. The van der Waals surface area contributed by atoms with Crippen LogP contribution in [-0.4, -0.2) is 19.7 Å². The summed E-state index contributed by atoms with van der Waals surface area (Å²) in [5.41, 5.74) is 9.50. The quantitative estimate of drug-likeness (QED) is 0.873. The van der Waals surface area contributed by atoms with Gasteiger partial charge in [0.05, 0.1) is 19.4 Å². The molecule has 0 saturated heterocycles. The number of carbonyl (C=O) groups is 1. The van der Waals surface area contributed by atoms with Crippen LogP contribution >= 0.6 is 11.3 Å². The van der Waals surface area contributed by atoms with E-state index >= 15 is 0 Å². The van der Waals surface area contributed by atoms with E-state index in [1.807, 2.05) is 32.0 Å². The summed E-state index contributed by atoms with van der Waals surface area (Å²) in [7, 11) is 1.63. The average Bonchev–Trinajstić information content (AvgIpc) is 2.75. The lowest BCUT2D eigenvalue weighted by Gasteiger charge is -2.09. The molecule has 0 spiro atoms. The number of rotatable bonds is 4. The minimum absolute atomic E-state index is 0.332. The number of nitrogen functional groups attached to an aromatic ring is 1. The highest BCUT2D eigenvalue weighted by molar-refractivity contribution is 7.18. The highest BCUT2D eigenvalue weighted by Crippen LogP contribution is 2.42. The standard InChI is InChI=1S/C16H19NO3S/c1-5-20-16(18)15-13(17)10(3)14(21-15)11-8-9(2)6-7-12(11)19-4/h6-8H,5,17H2,1-4H3. The molecule has 0 aliphatic rings. The molecule has 0 aliphatic carbocycles. The van der Waals surface area contributed by atoms with Gasteiger partial charge in [-0.05, 0) is 38.5 Å². The van der Waals surface area contributed by atoms with Crippen molar-refractivity contribution < 1.29 is 14.3 Å². The van der Waals surface area contributed by atoms with Crippen LogP contribution in [0.2, 0.25) is 0 Å². The van der Waals surface area contributed by atoms with Crippen LogP contribution in [0.15, 0.2) is 18.2 Å². The molecule has 112 valence electrons. The van der Waals surface area contributed by atoms with Gasteiger partial charge < -0.3 is 15.2 Å². The smallest absolute Gasteiger partial charge is 0.350 e. The Morgan fingerprint density at radius 1 is 1.33 bits per heavy atom. The minimum atomic E-state index is -0.374. The molecule has 2 aromatic rings. The molecule has 2 N–H and O–H groups in total. The lowest BCUT2D eigenvalue weighted by Crippen LogP contribution is -2.05. The van der Waals surface area contributed by atoms with Crippen molar-refractivity contribution in [3.63, 3.8) is 0 Å². The number of hydrogen-bond acceptors (Lipinski definition) is 5. The molecule has 0 fully saturated rings. The first-order valence-corrected chi connectivity index (χ1v) is 7.52. The number of anilines is 1. The van der Waals surface area contributed by atoms with Gasteiger partial charge in [0.15, 0.2) is 0 Å². The Kier molecular flexibility index (Phi) is 4.53. The van der Waals surface area contributed by atoms with Crippen LogP contribution in [-0.2, 0) is 4.74 Å². The van der Waals surface area contributed by atoms with Gasteiger partial charge in [0.2, 0.25) is 0 Å². The van der Waals surface area contributed by atoms with Crippen molar-refractivity contribution in [1.82, 2.24) is 0 Å². The van der Waals surface area contributed by atoms with Crippen molar-refractivity contribution in [3.05, 3.63) is 34.2 Å². The molecule has 0 atom stereocenters. The topological polar surface area (TPSA) is 61.5 Å². The molecule has 1 heterocycles. The van der Waals surface area contributed by atoms with Gasteiger partial charge in [-0.3, -0.25) is 0 Å². The van der Waals surface area contributed by atoms with Crippen LogP contribution in [0.5, 0.6) is 5.75 Å². The van der Waals surface area contributed by atoms with Crippen molar-refractivity contribution in [2.45, 2.75) is 20.8 Å². The lowest BCUT2D eigenvalue weighted by atomic mass is 10.1. The first-order valence-electron chi connectivity index (χ1n) is 6.70. The normalized spacial score (nSPS) is 10.5. The zero-order valence-electron chi connectivity index (χ0n) is 12.6. The Bertz CT molecular complexity index is 676. The Hall–Kier alpha value is -2.01. The fourth-order valence-electron chi connectivity index (χ4n) is 2.13. The molecule has 1 aromatic carbocycles. The second kappa shape index (κ2) is 6.18. The SMILES string of the molecule is CCOC(=O)c1sc(-c2cc(C)ccc2OC)c(C)c1N. The van der Waals surface area contributed by atoms with E-state index in [-0.39, 0.29) is 5.97 Å². The number of nitrogens with two attached hydrogens (primary N) is 1. The van der Waals surface area contributed by atoms with Crippen molar-refractivity contribution in [3.8, 4) is 16.2 Å². The van der Waals surface area contributed by atoms with Crippen LogP contribution in [0.4, 0.5) is 5.69 Å². The molecule has 0 bridgehead atoms. The maximum absolute atomic E-state index is 12.0. The minimum Gasteiger partial charge on any atom is -0.496 e. The number of aryl methyl sites for hydroxylation is 1. The number of esters is 1. The van der Waals surface area contributed by atoms with Crippen molar-refractivity contribution in [2.24, 2.45) is 0 Å². The number of methoxy groups -OCH3 is 1. The molecule has 1 aromatic heterocycles. The van der Waals surface area contributed by atoms with Crippen LogP contribution in [0.3, 0.4) is 0 Å². The summed E-state index contributed by atoms with van der Waals surface area (Å²) in [6.07, 6.45) is 0. The molecule has 21 heavy (non-hydrogen) atoms. The summed E-state index contributed by atoms with van der Waals surface area (Å²) < 4.78 is 10.5.